The summed E-state index contributed by atoms with van der Waals surface area (Å²) in [5, 5.41) is 5.68. The monoisotopic (exact) mass is 332 g/mol. The lowest BCUT2D eigenvalue weighted by Crippen LogP contribution is -2.42. The van der Waals surface area contributed by atoms with Gasteiger partial charge in [0.25, 0.3) is 0 Å². The number of hydrogen-bond donors (Lipinski definition) is 2. The fraction of sp³-hybridized carbons (Fsp3) is 0.556. The molecule has 0 atom stereocenters. The Morgan fingerprint density at radius 1 is 1.08 bits per heavy atom. The second kappa shape index (κ2) is 8.57. The molecule has 0 saturated heterocycles. The molecule has 1 aromatic carbocycles. The van der Waals surface area contributed by atoms with Gasteiger partial charge in [-0.25, -0.2) is 4.79 Å². The Hall–Kier alpha value is -2.24. The third-order valence-corrected chi connectivity index (χ3v) is 4.20. The summed E-state index contributed by atoms with van der Waals surface area (Å²) in [5.74, 6) is -0.0324. The Balaban J connectivity index is 1.91. The number of carbonyl (C=O) groups excluding carboxylic acids is 2. The van der Waals surface area contributed by atoms with Crippen LogP contribution < -0.4 is 20.4 Å². The molecule has 2 N–H and O–H groups in total. The third-order valence-electron chi connectivity index (χ3n) is 4.20. The molecule has 0 aliphatic heterocycles. The summed E-state index contributed by atoms with van der Waals surface area (Å²) in [6.45, 7) is 8.57. The van der Waals surface area contributed by atoms with Gasteiger partial charge in [0, 0.05) is 50.5 Å². The van der Waals surface area contributed by atoms with Crippen LogP contribution in [0.1, 0.15) is 33.6 Å². The van der Waals surface area contributed by atoms with E-state index in [-0.39, 0.29) is 11.9 Å². The van der Waals surface area contributed by atoms with Crippen LogP contribution in [0.15, 0.2) is 24.3 Å². The van der Waals surface area contributed by atoms with E-state index in [4.69, 9.17) is 0 Å². The molecule has 2 rings (SSSR count). The lowest BCUT2D eigenvalue weighted by atomic mass is 10.2. The minimum atomic E-state index is -0.155. The quantitative estimate of drug-likeness (QED) is 0.768. The molecule has 0 aromatic heterocycles. The van der Waals surface area contributed by atoms with E-state index in [0.29, 0.717) is 19.1 Å². The first-order valence-corrected chi connectivity index (χ1v) is 8.72. The minimum Gasteiger partial charge on any atom is -0.372 e. The Bertz CT molecular complexity index is 551. The van der Waals surface area contributed by atoms with Crippen LogP contribution in [0.3, 0.4) is 0 Å². The van der Waals surface area contributed by atoms with E-state index in [1.54, 1.807) is 11.8 Å². The summed E-state index contributed by atoms with van der Waals surface area (Å²) < 4.78 is 0. The number of nitrogens with zero attached hydrogens (tertiary/aromatic N) is 2. The summed E-state index contributed by atoms with van der Waals surface area (Å²) in [4.78, 5) is 27.5. The molecular formula is C18H28N4O2. The largest absolute Gasteiger partial charge is 0.372 e. The summed E-state index contributed by atoms with van der Waals surface area (Å²) >= 11 is 0. The average Bonchev–Trinajstić information content (AvgIpc) is 3.37. The van der Waals surface area contributed by atoms with Crippen molar-refractivity contribution >= 4 is 23.3 Å². The lowest BCUT2D eigenvalue weighted by Gasteiger charge is -2.24. The van der Waals surface area contributed by atoms with E-state index in [0.717, 1.165) is 37.3 Å². The maximum atomic E-state index is 11.9. The molecule has 0 spiro atoms. The van der Waals surface area contributed by atoms with Gasteiger partial charge in [-0.1, -0.05) is 0 Å². The van der Waals surface area contributed by atoms with Crippen LogP contribution in [-0.2, 0) is 4.79 Å². The molecule has 1 fully saturated rings. The molecule has 6 nitrogen and oxygen atoms in total. The van der Waals surface area contributed by atoms with Crippen molar-refractivity contribution in [2.24, 2.45) is 0 Å². The van der Waals surface area contributed by atoms with Crippen molar-refractivity contribution in [3.05, 3.63) is 24.3 Å². The second-order valence-electron chi connectivity index (χ2n) is 6.03. The molecule has 24 heavy (non-hydrogen) atoms. The lowest BCUT2D eigenvalue weighted by molar-refractivity contribution is -0.116. The summed E-state index contributed by atoms with van der Waals surface area (Å²) in [7, 11) is 0. The highest BCUT2D eigenvalue weighted by atomic mass is 16.2. The summed E-state index contributed by atoms with van der Waals surface area (Å²) in [5.41, 5.74) is 2.00. The Morgan fingerprint density at radius 2 is 1.67 bits per heavy atom. The Morgan fingerprint density at radius 3 is 2.17 bits per heavy atom. The fourth-order valence-corrected chi connectivity index (χ4v) is 2.65. The highest BCUT2D eigenvalue weighted by Crippen LogP contribution is 2.21. The molecule has 0 unspecified atom stereocenters. The van der Waals surface area contributed by atoms with E-state index < -0.39 is 0 Å². The molecule has 3 amide bonds. The van der Waals surface area contributed by atoms with E-state index in [1.807, 2.05) is 24.3 Å². The molecule has 6 heteroatoms. The maximum absolute atomic E-state index is 11.9. The van der Waals surface area contributed by atoms with Crippen molar-refractivity contribution in [2.45, 2.75) is 39.7 Å². The fourth-order valence-electron chi connectivity index (χ4n) is 2.65. The van der Waals surface area contributed by atoms with E-state index >= 15 is 0 Å². The molecule has 0 bridgehead atoms. The van der Waals surface area contributed by atoms with Gasteiger partial charge in [-0.05, 0) is 51.0 Å². The van der Waals surface area contributed by atoms with Crippen molar-refractivity contribution < 1.29 is 9.59 Å². The number of amides is 3. The summed E-state index contributed by atoms with van der Waals surface area (Å²) in [6, 6.07) is 8.16. The van der Waals surface area contributed by atoms with Gasteiger partial charge in [-0.2, -0.15) is 0 Å². The molecule has 132 valence electrons. The first-order valence-electron chi connectivity index (χ1n) is 8.72. The van der Waals surface area contributed by atoms with Crippen LogP contribution in [0.5, 0.6) is 0 Å². The first kappa shape index (κ1) is 18.1. The van der Waals surface area contributed by atoms with Gasteiger partial charge in [0.2, 0.25) is 5.91 Å². The minimum absolute atomic E-state index is 0.0324. The van der Waals surface area contributed by atoms with Gasteiger partial charge in [-0.15, -0.1) is 0 Å². The van der Waals surface area contributed by atoms with Gasteiger partial charge < -0.3 is 20.4 Å². The van der Waals surface area contributed by atoms with Gasteiger partial charge in [-0.3, -0.25) is 4.79 Å². The molecule has 1 saturated carbocycles. The van der Waals surface area contributed by atoms with Crippen LogP contribution in [-0.4, -0.2) is 44.2 Å². The highest BCUT2D eigenvalue weighted by Gasteiger charge is 2.23. The Labute approximate surface area is 144 Å². The number of nitrogens with one attached hydrogen (secondary N) is 2. The number of benzene rings is 1. The van der Waals surface area contributed by atoms with Gasteiger partial charge in [0.15, 0.2) is 0 Å². The van der Waals surface area contributed by atoms with Crippen LogP contribution in [0, 0.1) is 0 Å². The predicted octanol–water partition coefficient (Wildman–Crippen LogP) is 2.35. The van der Waals surface area contributed by atoms with Gasteiger partial charge in [0.1, 0.15) is 0 Å². The van der Waals surface area contributed by atoms with Crippen molar-refractivity contribution in [3.63, 3.8) is 0 Å². The highest BCUT2D eigenvalue weighted by molar-refractivity contribution is 5.91. The van der Waals surface area contributed by atoms with Crippen molar-refractivity contribution in [1.29, 1.82) is 0 Å². The SMILES string of the molecule is CCN(CC)c1ccc(N(CCNC(=O)NC2CC2)C(C)=O)cc1. The van der Waals surface area contributed by atoms with Crippen molar-refractivity contribution in [3.8, 4) is 0 Å². The Kier molecular flexibility index (Phi) is 6.46. The van der Waals surface area contributed by atoms with Crippen LogP contribution >= 0.6 is 0 Å². The smallest absolute Gasteiger partial charge is 0.315 e. The number of hydrogen-bond acceptors (Lipinski definition) is 3. The molecular weight excluding hydrogens is 304 g/mol. The zero-order valence-electron chi connectivity index (χ0n) is 14.8. The maximum Gasteiger partial charge on any atom is 0.315 e. The van der Waals surface area contributed by atoms with E-state index in [2.05, 4.69) is 29.4 Å². The number of carbonyl (C=O) groups is 2. The number of rotatable bonds is 8. The first-order chi connectivity index (χ1) is 11.5. The zero-order valence-corrected chi connectivity index (χ0v) is 14.8. The van der Waals surface area contributed by atoms with Crippen molar-refractivity contribution in [2.75, 3.05) is 36.0 Å². The average molecular weight is 332 g/mol. The van der Waals surface area contributed by atoms with Crippen LogP contribution in [0.4, 0.5) is 16.2 Å². The van der Waals surface area contributed by atoms with Gasteiger partial charge in [0.05, 0.1) is 0 Å². The van der Waals surface area contributed by atoms with E-state index in [1.165, 1.54) is 0 Å². The van der Waals surface area contributed by atoms with Crippen LogP contribution in [0.2, 0.25) is 0 Å². The third kappa shape index (κ3) is 5.15. The van der Waals surface area contributed by atoms with E-state index in [9.17, 15) is 9.59 Å². The molecule has 0 radical (unpaired) electrons. The number of anilines is 2. The second-order valence-corrected chi connectivity index (χ2v) is 6.03. The van der Waals surface area contributed by atoms with Gasteiger partial charge >= 0.3 is 6.03 Å². The normalized spacial score (nSPS) is 13.3. The number of urea groups is 1. The molecule has 1 aliphatic carbocycles. The van der Waals surface area contributed by atoms with Crippen molar-refractivity contribution in [1.82, 2.24) is 10.6 Å². The zero-order chi connectivity index (χ0) is 17.5. The topological polar surface area (TPSA) is 64.7 Å². The van der Waals surface area contributed by atoms with Crippen LogP contribution in [0.25, 0.3) is 0 Å². The molecule has 0 heterocycles. The standard InChI is InChI=1S/C18H28N4O2/c1-4-21(5-2)16-8-10-17(11-9-16)22(14(3)23)13-12-19-18(24)20-15-6-7-15/h8-11,15H,4-7,12-13H2,1-3H3,(H2,19,20,24). The molecule has 1 aromatic rings. The predicted molar refractivity (Wildman–Crippen MR) is 97.6 cm³/mol. The molecule has 1 aliphatic rings. The summed E-state index contributed by atoms with van der Waals surface area (Å²) in [6.07, 6.45) is 2.12.